The number of nitrogens with zero attached hydrogens (tertiary/aromatic N) is 2. The molecule has 1 aliphatic rings. The minimum atomic E-state index is -3.31. The standard InChI is InChI=1S/C14H25N3O2S2/c1-16(2)11-12-6-9-17(10-7-12)21(18,19)14-4-3-13(20-14)5-8-15/h3-4,12H,5-11,15H2,1-2H3. The highest BCUT2D eigenvalue weighted by Crippen LogP contribution is 2.28. The highest BCUT2D eigenvalue weighted by atomic mass is 32.2. The van der Waals surface area contributed by atoms with E-state index in [0.717, 1.165) is 30.7 Å². The van der Waals surface area contributed by atoms with Crippen LogP contribution in [0.1, 0.15) is 17.7 Å². The molecule has 120 valence electrons. The lowest BCUT2D eigenvalue weighted by Gasteiger charge is -2.32. The van der Waals surface area contributed by atoms with Gasteiger partial charge in [0.2, 0.25) is 0 Å². The van der Waals surface area contributed by atoms with Gasteiger partial charge in [-0.15, -0.1) is 11.3 Å². The van der Waals surface area contributed by atoms with Gasteiger partial charge < -0.3 is 10.6 Å². The van der Waals surface area contributed by atoms with Crippen molar-refractivity contribution >= 4 is 21.4 Å². The van der Waals surface area contributed by atoms with E-state index in [1.807, 2.05) is 6.07 Å². The Morgan fingerprint density at radius 2 is 2.00 bits per heavy atom. The second-order valence-electron chi connectivity index (χ2n) is 5.87. The van der Waals surface area contributed by atoms with Crippen molar-refractivity contribution in [3.63, 3.8) is 0 Å². The molecule has 2 heterocycles. The van der Waals surface area contributed by atoms with Gasteiger partial charge in [-0.25, -0.2) is 8.42 Å². The summed E-state index contributed by atoms with van der Waals surface area (Å²) in [7, 11) is 0.812. The van der Waals surface area contributed by atoms with Gasteiger partial charge in [0, 0.05) is 24.5 Å². The van der Waals surface area contributed by atoms with Crippen LogP contribution in [0.15, 0.2) is 16.3 Å². The molecule has 0 amide bonds. The predicted molar refractivity (Wildman–Crippen MR) is 87.1 cm³/mol. The monoisotopic (exact) mass is 331 g/mol. The number of piperidine rings is 1. The molecule has 1 aromatic rings. The Hall–Kier alpha value is -0.470. The fourth-order valence-corrected chi connectivity index (χ4v) is 5.74. The molecule has 0 spiro atoms. The molecule has 5 nitrogen and oxygen atoms in total. The molecule has 1 aliphatic heterocycles. The lowest BCUT2D eigenvalue weighted by Crippen LogP contribution is -2.40. The van der Waals surface area contributed by atoms with Crippen molar-refractivity contribution in [2.75, 3.05) is 40.3 Å². The lowest BCUT2D eigenvalue weighted by atomic mass is 9.98. The number of hydrogen-bond acceptors (Lipinski definition) is 5. The SMILES string of the molecule is CN(C)CC1CCN(S(=O)(=O)c2ccc(CCN)s2)CC1. The van der Waals surface area contributed by atoms with E-state index in [0.29, 0.717) is 29.8 Å². The van der Waals surface area contributed by atoms with Gasteiger partial charge in [-0.3, -0.25) is 0 Å². The Kier molecular flexibility index (Phi) is 5.79. The molecule has 0 radical (unpaired) electrons. The maximum Gasteiger partial charge on any atom is 0.252 e. The average Bonchev–Trinajstić information content (AvgIpc) is 2.88. The Balaban J connectivity index is 2.00. The van der Waals surface area contributed by atoms with Gasteiger partial charge in [0.1, 0.15) is 4.21 Å². The van der Waals surface area contributed by atoms with Gasteiger partial charge in [0.05, 0.1) is 0 Å². The first kappa shape index (κ1) is 16.9. The van der Waals surface area contributed by atoms with E-state index in [1.165, 1.54) is 11.3 Å². The second-order valence-corrected chi connectivity index (χ2v) is 9.20. The van der Waals surface area contributed by atoms with E-state index in [4.69, 9.17) is 5.73 Å². The zero-order chi connectivity index (χ0) is 15.5. The topological polar surface area (TPSA) is 66.6 Å². The van der Waals surface area contributed by atoms with Crippen molar-refractivity contribution in [2.24, 2.45) is 11.7 Å². The van der Waals surface area contributed by atoms with Crippen LogP contribution in [0.5, 0.6) is 0 Å². The van der Waals surface area contributed by atoms with Crippen LogP contribution in [0.3, 0.4) is 0 Å². The molecule has 1 fully saturated rings. The average molecular weight is 332 g/mol. The Labute approximate surface area is 131 Å². The van der Waals surface area contributed by atoms with Gasteiger partial charge in [0.25, 0.3) is 10.0 Å². The van der Waals surface area contributed by atoms with Crippen molar-refractivity contribution in [3.05, 3.63) is 17.0 Å². The number of sulfonamides is 1. The third-order valence-corrected chi connectivity index (χ3v) is 7.33. The highest BCUT2D eigenvalue weighted by Gasteiger charge is 2.30. The van der Waals surface area contributed by atoms with E-state index in [9.17, 15) is 8.42 Å². The largest absolute Gasteiger partial charge is 0.330 e. The fraction of sp³-hybridized carbons (Fsp3) is 0.714. The van der Waals surface area contributed by atoms with Crippen LogP contribution in [0, 0.1) is 5.92 Å². The number of hydrogen-bond donors (Lipinski definition) is 1. The van der Waals surface area contributed by atoms with Crippen molar-refractivity contribution in [1.29, 1.82) is 0 Å². The van der Waals surface area contributed by atoms with Crippen LogP contribution in [0.25, 0.3) is 0 Å². The molecule has 0 atom stereocenters. The minimum absolute atomic E-state index is 0.456. The highest BCUT2D eigenvalue weighted by molar-refractivity contribution is 7.91. The maximum absolute atomic E-state index is 12.6. The summed E-state index contributed by atoms with van der Waals surface area (Å²) in [5.74, 6) is 0.600. The first-order valence-electron chi connectivity index (χ1n) is 7.37. The quantitative estimate of drug-likeness (QED) is 0.851. The summed E-state index contributed by atoms with van der Waals surface area (Å²) in [4.78, 5) is 3.21. The van der Waals surface area contributed by atoms with E-state index in [1.54, 1.807) is 10.4 Å². The van der Waals surface area contributed by atoms with Crippen LogP contribution < -0.4 is 5.73 Å². The molecular formula is C14H25N3O2S2. The summed E-state index contributed by atoms with van der Waals surface area (Å²) < 4.78 is 27.3. The lowest BCUT2D eigenvalue weighted by molar-refractivity contribution is 0.225. The van der Waals surface area contributed by atoms with Gasteiger partial charge >= 0.3 is 0 Å². The van der Waals surface area contributed by atoms with E-state index >= 15 is 0 Å². The van der Waals surface area contributed by atoms with Crippen LogP contribution in [0.4, 0.5) is 0 Å². The normalized spacial score (nSPS) is 18.5. The van der Waals surface area contributed by atoms with Crippen molar-refractivity contribution < 1.29 is 8.42 Å². The zero-order valence-corrected chi connectivity index (χ0v) is 14.4. The first-order valence-corrected chi connectivity index (χ1v) is 9.63. The molecular weight excluding hydrogens is 306 g/mol. The molecule has 2 rings (SSSR count). The predicted octanol–water partition coefficient (Wildman–Crippen LogP) is 1.21. The number of rotatable bonds is 6. The van der Waals surface area contributed by atoms with Crippen molar-refractivity contribution in [1.82, 2.24) is 9.21 Å². The smallest absolute Gasteiger partial charge is 0.252 e. The van der Waals surface area contributed by atoms with Crippen molar-refractivity contribution in [2.45, 2.75) is 23.5 Å². The molecule has 1 saturated heterocycles. The second kappa shape index (κ2) is 7.19. The molecule has 0 saturated carbocycles. The Morgan fingerprint density at radius 3 is 2.57 bits per heavy atom. The van der Waals surface area contributed by atoms with Crippen LogP contribution in [0.2, 0.25) is 0 Å². The molecule has 0 aromatic carbocycles. The van der Waals surface area contributed by atoms with Gasteiger partial charge in [-0.1, -0.05) is 0 Å². The van der Waals surface area contributed by atoms with Crippen LogP contribution >= 0.6 is 11.3 Å². The minimum Gasteiger partial charge on any atom is -0.330 e. The summed E-state index contributed by atoms with van der Waals surface area (Å²) >= 11 is 1.35. The number of nitrogens with two attached hydrogens (primary N) is 1. The molecule has 0 aliphatic carbocycles. The van der Waals surface area contributed by atoms with Gasteiger partial charge in [-0.2, -0.15) is 4.31 Å². The Bertz CT molecular complexity index is 546. The van der Waals surface area contributed by atoms with E-state index in [-0.39, 0.29) is 0 Å². The summed E-state index contributed by atoms with van der Waals surface area (Å²) in [5, 5.41) is 0. The summed E-state index contributed by atoms with van der Waals surface area (Å²) in [6, 6.07) is 3.60. The maximum atomic E-state index is 12.6. The fourth-order valence-electron chi connectivity index (χ4n) is 2.75. The third kappa shape index (κ3) is 4.26. The molecule has 7 heteroatoms. The van der Waals surface area contributed by atoms with E-state index < -0.39 is 10.0 Å². The van der Waals surface area contributed by atoms with E-state index in [2.05, 4.69) is 19.0 Å². The first-order chi connectivity index (χ1) is 9.93. The van der Waals surface area contributed by atoms with Crippen LogP contribution in [-0.2, 0) is 16.4 Å². The van der Waals surface area contributed by atoms with Crippen LogP contribution in [-0.4, -0.2) is 57.9 Å². The Morgan fingerprint density at radius 1 is 1.33 bits per heavy atom. The van der Waals surface area contributed by atoms with Crippen molar-refractivity contribution in [3.8, 4) is 0 Å². The summed E-state index contributed by atoms with van der Waals surface area (Å²) in [6.45, 7) is 2.85. The molecule has 21 heavy (non-hydrogen) atoms. The molecule has 2 N–H and O–H groups in total. The zero-order valence-electron chi connectivity index (χ0n) is 12.8. The van der Waals surface area contributed by atoms with Gasteiger partial charge in [0.15, 0.2) is 0 Å². The summed E-state index contributed by atoms with van der Waals surface area (Å²) in [6.07, 6.45) is 2.63. The third-order valence-electron chi connectivity index (χ3n) is 3.82. The molecule has 1 aromatic heterocycles. The molecule has 0 bridgehead atoms. The summed E-state index contributed by atoms with van der Waals surface area (Å²) in [5.41, 5.74) is 5.52. The number of thiophene rings is 1. The molecule has 0 unspecified atom stereocenters. The van der Waals surface area contributed by atoms with Gasteiger partial charge in [-0.05, 0) is 58.0 Å².